The Kier molecular flexibility index (Phi) is 5.31. The molecular formula is C14H19Cl2NO. The van der Waals surface area contributed by atoms with E-state index in [0.29, 0.717) is 0 Å². The summed E-state index contributed by atoms with van der Waals surface area (Å²) in [5, 5.41) is 4.96. The van der Waals surface area contributed by atoms with Crippen LogP contribution in [0.15, 0.2) is 18.2 Å². The first-order chi connectivity index (χ1) is 8.72. The quantitative estimate of drug-likeness (QED) is 0.892. The number of hydrogen-bond donors (Lipinski definition) is 1. The molecule has 4 heteroatoms. The molecule has 1 aliphatic rings. The Morgan fingerprint density at radius 1 is 1.39 bits per heavy atom. The highest BCUT2D eigenvalue weighted by Gasteiger charge is 2.26. The first-order valence-electron chi connectivity index (χ1n) is 6.50. The van der Waals surface area contributed by atoms with Gasteiger partial charge in [-0.05, 0) is 43.5 Å². The second kappa shape index (κ2) is 6.76. The van der Waals surface area contributed by atoms with Crippen molar-refractivity contribution in [3.63, 3.8) is 0 Å². The fourth-order valence-electron chi connectivity index (χ4n) is 2.46. The zero-order valence-corrected chi connectivity index (χ0v) is 12.1. The molecule has 2 unspecified atom stereocenters. The predicted molar refractivity (Wildman–Crippen MR) is 76.6 cm³/mol. The van der Waals surface area contributed by atoms with Crippen molar-refractivity contribution in [1.82, 2.24) is 5.32 Å². The highest BCUT2D eigenvalue weighted by molar-refractivity contribution is 6.36. The minimum Gasteiger partial charge on any atom is -0.377 e. The van der Waals surface area contributed by atoms with Crippen molar-refractivity contribution in [3.8, 4) is 0 Å². The van der Waals surface area contributed by atoms with Gasteiger partial charge in [0.1, 0.15) is 0 Å². The van der Waals surface area contributed by atoms with Crippen LogP contribution in [0.25, 0.3) is 0 Å². The van der Waals surface area contributed by atoms with Crippen molar-refractivity contribution in [2.24, 2.45) is 0 Å². The maximum atomic E-state index is 6.23. The molecule has 1 aromatic rings. The van der Waals surface area contributed by atoms with Crippen LogP contribution in [0.4, 0.5) is 0 Å². The van der Waals surface area contributed by atoms with Crippen LogP contribution in [0.5, 0.6) is 0 Å². The number of likely N-dealkylation sites (N-methyl/N-ethyl adjacent to an activating group) is 1. The highest BCUT2D eigenvalue weighted by atomic mass is 35.5. The Bertz CT molecular complexity index is 371. The molecule has 1 N–H and O–H groups in total. The van der Waals surface area contributed by atoms with Crippen LogP contribution in [0.2, 0.25) is 10.0 Å². The fourth-order valence-corrected chi connectivity index (χ4v) is 3.02. The molecule has 1 aromatic carbocycles. The molecule has 1 aliphatic heterocycles. The molecule has 18 heavy (non-hydrogen) atoms. The highest BCUT2D eigenvalue weighted by Crippen LogP contribution is 2.28. The first-order valence-corrected chi connectivity index (χ1v) is 7.26. The Hall–Kier alpha value is -0.280. The molecule has 2 rings (SSSR count). The van der Waals surface area contributed by atoms with Crippen molar-refractivity contribution < 1.29 is 4.74 Å². The Labute approximate surface area is 119 Å². The van der Waals surface area contributed by atoms with Gasteiger partial charge in [0.2, 0.25) is 0 Å². The van der Waals surface area contributed by atoms with E-state index in [4.69, 9.17) is 27.9 Å². The molecule has 0 amide bonds. The van der Waals surface area contributed by atoms with Gasteiger partial charge in [0.25, 0.3) is 0 Å². The SMILES string of the molecule is CCNC(Cc1c(Cl)cccc1Cl)C1CCCO1. The van der Waals surface area contributed by atoms with Crippen LogP contribution >= 0.6 is 23.2 Å². The van der Waals surface area contributed by atoms with Crippen molar-refractivity contribution in [3.05, 3.63) is 33.8 Å². The van der Waals surface area contributed by atoms with E-state index in [1.54, 1.807) is 0 Å². The van der Waals surface area contributed by atoms with Crippen LogP contribution in [0.1, 0.15) is 25.3 Å². The second-order valence-electron chi connectivity index (χ2n) is 4.62. The Morgan fingerprint density at radius 3 is 2.67 bits per heavy atom. The minimum absolute atomic E-state index is 0.275. The van der Waals surface area contributed by atoms with E-state index in [9.17, 15) is 0 Å². The molecule has 100 valence electrons. The molecule has 0 aliphatic carbocycles. The van der Waals surface area contributed by atoms with Crippen LogP contribution < -0.4 is 5.32 Å². The predicted octanol–water partition coefficient (Wildman–Crippen LogP) is 3.69. The lowest BCUT2D eigenvalue weighted by molar-refractivity contribution is 0.0789. The zero-order chi connectivity index (χ0) is 13.0. The fraction of sp³-hybridized carbons (Fsp3) is 0.571. The van der Waals surface area contributed by atoms with Gasteiger partial charge in [-0.25, -0.2) is 0 Å². The summed E-state index contributed by atoms with van der Waals surface area (Å²) in [5.74, 6) is 0. The molecule has 1 heterocycles. The summed E-state index contributed by atoms with van der Waals surface area (Å²) < 4.78 is 5.77. The summed E-state index contributed by atoms with van der Waals surface area (Å²) in [6, 6.07) is 5.94. The van der Waals surface area contributed by atoms with Gasteiger partial charge in [0, 0.05) is 22.7 Å². The van der Waals surface area contributed by atoms with Crippen LogP contribution in [0, 0.1) is 0 Å². The summed E-state index contributed by atoms with van der Waals surface area (Å²) in [5.41, 5.74) is 1.02. The second-order valence-corrected chi connectivity index (χ2v) is 5.43. The monoisotopic (exact) mass is 287 g/mol. The summed E-state index contributed by atoms with van der Waals surface area (Å²) in [4.78, 5) is 0. The number of ether oxygens (including phenoxy) is 1. The standard InChI is InChI=1S/C14H19Cl2NO/c1-2-17-13(14-7-4-8-18-14)9-10-11(15)5-3-6-12(10)16/h3,5-6,13-14,17H,2,4,7-9H2,1H3. The van der Waals surface area contributed by atoms with Crippen LogP contribution in [-0.4, -0.2) is 25.3 Å². The average Bonchev–Trinajstić information content (AvgIpc) is 2.86. The van der Waals surface area contributed by atoms with Gasteiger partial charge in [-0.15, -0.1) is 0 Å². The molecular weight excluding hydrogens is 269 g/mol. The largest absolute Gasteiger partial charge is 0.377 e. The third kappa shape index (κ3) is 3.39. The van der Waals surface area contributed by atoms with E-state index < -0.39 is 0 Å². The molecule has 1 fully saturated rings. The van der Waals surface area contributed by atoms with E-state index in [0.717, 1.165) is 48.0 Å². The van der Waals surface area contributed by atoms with E-state index in [1.807, 2.05) is 18.2 Å². The number of halogens is 2. The summed E-state index contributed by atoms with van der Waals surface area (Å²) >= 11 is 12.5. The van der Waals surface area contributed by atoms with Gasteiger partial charge in [0.05, 0.1) is 6.10 Å². The lowest BCUT2D eigenvalue weighted by atomic mass is 9.99. The van der Waals surface area contributed by atoms with Crippen LogP contribution in [0.3, 0.4) is 0 Å². The zero-order valence-electron chi connectivity index (χ0n) is 10.6. The van der Waals surface area contributed by atoms with Crippen molar-refractivity contribution in [2.75, 3.05) is 13.2 Å². The van der Waals surface area contributed by atoms with Gasteiger partial charge in [-0.1, -0.05) is 36.2 Å². The molecule has 2 nitrogen and oxygen atoms in total. The normalized spacial score (nSPS) is 21.2. The molecule has 1 saturated heterocycles. The van der Waals surface area contributed by atoms with E-state index in [-0.39, 0.29) is 12.1 Å². The number of benzene rings is 1. The first kappa shape index (κ1) is 14.1. The minimum atomic E-state index is 0.275. The summed E-state index contributed by atoms with van der Waals surface area (Å²) in [6.07, 6.45) is 3.34. The molecule has 0 aromatic heterocycles. The van der Waals surface area contributed by atoms with Gasteiger partial charge in [-0.2, -0.15) is 0 Å². The third-order valence-electron chi connectivity index (χ3n) is 3.37. The van der Waals surface area contributed by atoms with E-state index in [1.165, 1.54) is 0 Å². The molecule has 0 saturated carbocycles. The maximum absolute atomic E-state index is 6.23. The molecule has 0 spiro atoms. The van der Waals surface area contributed by atoms with Gasteiger partial charge >= 0.3 is 0 Å². The van der Waals surface area contributed by atoms with Crippen molar-refractivity contribution >= 4 is 23.2 Å². The number of nitrogens with one attached hydrogen (secondary N) is 1. The van der Waals surface area contributed by atoms with E-state index in [2.05, 4.69) is 12.2 Å². The Balaban J connectivity index is 2.12. The average molecular weight is 288 g/mol. The summed E-state index contributed by atoms with van der Waals surface area (Å²) in [7, 11) is 0. The van der Waals surface area contributed by atoms with Gasteiger partial charge in [0.15, 0.2) is 0 Å². The van der Waals surface area contributed by atoms with Crippen molar-refractivity contribution in [1.29, 1.82) is 0 Å². The van der Waals surface area contributed by atoms with E-state index >= 15 is 0 Å². The van der Waals surface area contributed by atoms with Crippen LogP contribution in [-0.2, 0) is 11.2 Å². The lowest BCUT2D eigenvalue weighted by Crippen LogP contribution is -2.41. The van der Waals surface area contributed by atoms with Gasteiger partial charge in [-0.3, -0.25) is 0 Å². The van der Waals surface area contributed by atoms with Crippen molar-refractivity contribution in [2.45, 2.75) is 38.3 Å². The summed E-state index contributed by atoms with van der Waals surface area (Å²) in [6.45, 7) is 3.89. The van der Waals surface area contributed by atoms with Gasteiger partial charge < -0.3 is 10.1 Å². The number of hydrogen-bond acceptors (Lipinski definition) is 2. The maximum Gasteiger partial charge on any atom is 0.0732 e. The topological polar surface area (TPSA) is 21.3 Å². The third-order valence-corrected chi connectivity index (χ3v) is 4.07. The smallest absolute Gasteiger partial charge is 0.0732 e. The molecule has 0 bridgehead atoms. The lowest BCUT2D eigenvalue weighted by Gasteiger charge is -2.24. The number of rotatable bonds is 5. The molecule has 2 atom stereocenters. The Morgan fingerprint density at radius 2 is 2.11 bits per heavy atom. The molecule has 0 radical (unpaired) electrons.